The molecule has 0 aliphatic rings. The summed E-state index contributed by atoms with van der Waals surface area (Å²) in [6.45, 7) is 5.74. The Hall–Kier alpha value is -3.32. The van der Waals surface area contributed by atoms with Gasteiger partial charge in [0, 0.05) is 30.3 Å². The number of phenols is 1. The van der Waals surface area contributed by atoms with E-state index in [2.05, 4.69) is 17.6 Å². The van der Waals surface area contributed by atoms with E-state index in [1.165, 1.54) is 24.9 Å². The number of amides is 2. The van der Waals surface area contributed by atoms with Gasteiger partial charge >= 0.3 is 11.9 Å². The molecular weight excluding hydrogens is 590 g/mol. The second-order valence-electron chi connectivity index (χ2n) is 11.3. The van der Waals surface area contributed by atoms with Gasteiger partial charge in [-0.25, -0.2) is 4.79 Å². The fourth-order valence-electron chi connectivity index (χ4n) is 4.44. The number of methoxy groups -OCH3 is 1. The normalized spacial score (nSPS) is 13.9. The summed E-state index contributed by atoms with van der Waals surface area (Å²) in [6, 6.07) is 1.46. The monoisotopic (exact) mass is 639 g/mol. The number of benzene rings is 1. The van der Waals surface area contributed by atoms with Crippen molar-refractivity contribution in [1.29, 1.82) is 0 Å². The zero-order chi connectivity index (χ0) is 33.2. The molecule has 4 atom stereocenters. The van der Waals surface area contributed by atoms with Gasteiger partial charge < -0.3 is 36.4 Å². The van der Waals surface area contributed by atoms with Crippen molar-refractivity contribution in [2.24, 2.45) is 11.7 Å². The fourth-order valence-corrected chi connectivity index (χ4v) is 5.78. The van der Waals surface area contributed by atoms with Crippen LogP contribution in [0.5, 0.6) is 11.5 Å². The Morgan fingerprint density at radius 2 is 1.68 bits per heavy atom. The number of rotatable bonds is 23. The minimum Gasteiger partial charge on any atom is -0.504 e. The number of carbonyl (C=O) groups is 5. The van der Waals surface area contributed by atoms with E-state index in [-0.39, 0.29) is 60.6 Å². The van der Waals surface area contributed by atoms with Crippen LogP contribution in [0.4, 0.5) is 0 Å². The summed E-state index contributed by atoms with van der Waals surface area (Å²) in [5, 5.41) is 33.4. The number of carboxylic acid groups (broad SMARTS) is 2. The molecule has 0 aliphatic carbocycles. The number of carboxylic acids is 2. The topological polar surface area (TPSA) is 205 Å². The Balaban J connectivity index is 2.99. The van der Waals surface area contributed by atoms with E-state index in [1.807, 2.05) is 13.8 Å². The highest BCUT2D eigenvalue weighted by Gasteiger charge is 2.29. The zero-order valence-corrected chi connectivity index (χ0v) is 27.0. The van der Waals surface area contributed by atoms with Crippen molar-refractivity contribution >= 4 is 41.3 Å². The van der Waals surface area contributed by atoms with Gasteiger partial charge in [-0.1, -0.05) is 46.1 Å². The van der Waals surface area contributed by atoms with Crippen LogP contribution in [0.25, 0.3) is 0 Å². The van der Waals surface area contributed by atoms with Crippen molar-refractivity contribution in [2.75, 3.05) is 12.9 Å². The van der Waals surface area contributed by atoms with Crippen molar-refractivity contribution in [2.45, 2.75) is 108 Å². The standard InChI is InChI=1S/C31H49N3O9S/c1-5-6-7-8-22(17-21(35)11-9-20-10-13-26(36)27(16-20)43-4)44-18-25(33-28(37)14-12-23(32)30(39)40)29(38)34-24(31(41)42)15-19(2)3/h10,13,16,19,22-25,36H,5-9,11-12,14-15,17-18,32H2,1-4H3,(H,33,37)(H,34,38)(H,39,40)(H,41,42). The Labute approximate surface area is 263 Å². The van der Waals surface area contributed by atoms with Gasteiger partial charge in [-0.3, -0.25) is 19.2 Å². The maximum Gasteiger partial charge on any atom is 0.326 e. The summed E-state index contributed by atoms with van der Waals surface area (Å²) in [5.74, 6) is -3.22. The molecule has 0 saturated heterocycles. The molecule has 44 heavy (non-hydrogen) atoms. The molecule has 1 rings (SSSR count). The lowest BCUT2D eigenvalue weighted by Crippen LogP contribution is -2.53. The van der Waals surface area contributed by atoms with Crippen LogP contribution in [0, 0.1) is 5.92 Å². The number of carbonyl (C=O) groups excluding carboxylic acids is 3. The first-order valence-electron chi connectivity index (χ1n) is 15.1. The van der Waals surface area contributed by atoms with Crippen LogP contribution in [0.3, 0.4) is 0 Å². The van der Waals surface area contributed by atoms with E-state index in [1.54, 1.807) is 12.1 Å². The average molecular weight is 640 g/mol. The minimum absolute atomic E-state index is 0.00653. The molecule has 0 fully saturated rings. The summed E-state index contributed by atoms with van der Waals surface area (Å²) in [7, 11) is 1.45. The lowest BCUT2D eigenvalue weighted by Gasteiger charge is -2.24. The molecule has 2 amide bonds. The number of aliphatic carboxylic acids is 2. The SMILES string of the molecule is CCCCCC(CC(=O)CCc1ccc(O)c(OC)c1)SCC(NC(=O)CCC(N)C(=O)O)C(=O)NC(CC(C)C)C(=O)O. The Morgan fingerprint density at radius 3 is 2.27 bits per heavy atom. The van der Waals surface area contributed by atoms with Crippen LogP contribution in [0.2, 0.25) is 0 Å². The summed E-state index contributed by atoms with van der Waals surface area (Å²) in [5.41, 5.74) is 6.36. The quantitative estimate of drug-likeness (QED) is 0.0959. The number of ketones is 1. The first-order valence-corrected chi connectivity index (χ1v) is 16.1. The molecule has 7 N–H and O–H groups in total. The zero-order valence-electron chi connectivity index (χ0n) is 26.2. The van der Waals surface area contributed by atoms with E-state index in [9.17, 15) is 34.2 Å². The van der Waals surface area contributed by atoms with E-state index >= 15 is 0 Å². The largest absolute Gasteiger partial charge is 0.504 e. The number of phenolic OH excluding ortho intramolecular Hbond substituents is 1. The maximum absolute atomic E-state index is 13.2. The predicted molar refractivity (Wildman–Crippen MR) is 169 cm³/mol. The number of Topliss-reactive ketones (excluding diaryl/α,β-unsaturated/α-hetero) is 1. The molecule has 13 heteroatoms. The van der Waals surface area contributed by atoms with Crippen LogP contribution < -0.4 is 21.1 Å². The number of thioether (sulfide) groups is 1. The number of ether oxygens (including phenoxy) is 1. The summed E-state index contributed by atoms with van der Waals surface area (Å²) in [6.07, 6.45) is 4.39. The van der Waals surface area contributed by atoms with Gasteiger partial charge in [0.1, 0.15) is 23.9 Å². The third kappa shape index (κ3) is 15.4. The molecule has 0 spiro atoms. The van der Waals surface area contributed by atoms with Crippen molar-refractivity contribution in [1.82, 2.24) is 10.6 Å². The van der Waals surface area contributed by atoms with Crippen molar-refractivity contribution in [3.05, 3.63) is 23.8 Å². The molecule has 1 aromatic rings. The molecule has 0 saturated carbocycles. The summed E-state index contributed by atoms with van der Waals surface area (Å²) in [4.78, 5) is 61.7. The van der Waals surface area contributed by atoms with Gasteiger partial charge in [0.05, 0.1) is 7.11 Å². The van der Waals surface area contributed by atoms with Gasteiger partial charge in [0.2, 0.25) is 11.8 Å². The highest BCUT2D eigenvalue weighted by molar-refractivity contribution is 8.00. The molecule has 0 bridgehead atoms. The van der Waals surface area contributed by atoms with E-state index < -0.39 is 41.9 Å². The number of aromatic hydroxyl groups is 1. The molecular formula is C31H49N3O9S. The average Bonchev–Trinajstić information content (AvgIpc) is 2.96. The van der Waals surface area contributed by atoms with Crippen molar-refractivity contribution in [3.8, 4) is 11.5 Å². The number of nitrogens with one attached hydrogen (secondary N) is 2. The smallest absolute Gasteiger partial charge is 0.326 e. The van der Waals surface area contributed by atoms with Crippen LogP contribution in [-0.2, 0) is 30.4 Å². The second kappa shape index (κ2) is 20.6. The first-order chi connectivity index (χ1) is 20.8. The van der Waals surface area contributed by atoms with Gasteiger partial charge in [0.15, 0.2) is 11.5 Å². The van der Waals surface area contributed by atoms with E-state index in [0.717, 1.165) is 31.2 Å². The first kappa shape index (κ1) is 38.7. The van der Waals surface area contributed by atoms with Gasteiger partial charge in [-0.2, -0.15) is 11.8 Å². The van der Waals surface area contributed by atoms with Crippen LogP contribution >= 0.6 is 11.8 Å². The Kier molecular flexibility index (Phi) is 18.1. The van der Waals surface area contributed by atoms with Crippen LogP contribution in [-0.4, -0.2) is 81.1 Å². The molecule has 248 valence electrons. The number of aryl methyl sites for hydroxylation is 1. The molecule has 0 aromatic heterocycles. The Bertz CT molecular complexity index is 1100. The number of hydrogen-bond acceptors (Lipinski definition) is 9. The third-order valence-electron chi connectivity index (χ3n) is 6.99. The number of nitrogens with two attached hydrogens (primary N) is 1. The van der Waals surface area contributed by atoms with E-state index in [0.29, 0.717) is 12.2 Å². The van der Waals surface area contributed by atoms with Crippen molar-refractivity contribution < 1.29 is 44.0 Å². The molecule has 4 unspecified atom stereocenters. The fraction of sp³-hybridized carbons (Fsp3) is 0.645. The van der Waals surface area contributed by atoms with Crippen LogP contribution in [0.1, 0.15) is 84.1 Å². The van der Waals surface area contributed by atoms with Gasteiger partial charge in [-0.05, 0) is 49.3 Å². The molecule has 0 heterocycles. The van der Waals surface area contributed by atoms with Gasteiger partial charge in [-0.15, -0.1) is 0 Å². The van der Waals surface area contributed by atoms with Gasteiger partial charge in [0.25, 0.3) is 0 Å². The second-order valence-corrected chi connectivity index (χ2v) is 12.7. The molecule has 12 nitrogen and oxygen atoms in total. The minimum atomic E-state index is -1.25. The molecule has 0 radical (unpaired) electrons. The maximum atomic E-state index is 13.2. The Morgan fingerprint density at radius 1 is 0.977 bits per heavy atom. The number of hydrogen-bond donors (Lipinski definition) is 6. The summed E-state index contributed by atoms with van der Waals surface area (Å²) >= 11 is 1.37. The lowest BCUT2D eigenvalue weighted by atomic mass is 10.0. The predicted octanol–water partition coefficient (Wildman–Crippen LogP) is 3.27. The highest BCUT2D eigenvalue weighted by Crippen LogP contribution is 2.28. The number of unbranched alkanes of at least 4 members (excludes halogenated alkanes) is 2. The molecule has 1 aromatic carbocycles. The third-order valence-corrected chi connectivity index (χ3v) is 8.39. The lowest BCUT2D eigenvalue weighted by molar-refractivity contribution is -0.142. The van der Waals surface area contributed by atoms with E-state index in [4.69, 9.17) is 15.6 Å². The highest BCUT2D eigenvalue weighted by atomic mass is 32.2. The molecule has 0 aliphatic heterocycles. The van der Waals surface area contributed by atoms with Crippen LogP contribution in [0.15, 0.2) is 18.2 Å². The van der Waals surface area contributed by atoms with Crippen molar-refractivity contribution in [3.63, 3.8) is 0 Å². The summed E-state index contributed by atoms with van der Waals surface area (Å²) < 4.78 is 5.14.